The van der Waals surface area contributed by atoms with E-state index in [1.807, 2.05) is 0 Å². The molecule has 138 valence electrons. The van der Waals surface area contributed by atoms with Gasteiger partial charge in [0.2, 0.25) is 0 Å². The van der Waals surface area contributed by atoms with E-state index in [-0.39, 0.29) is 0 Å². The lowest BCUT2D eigenvalue weighted by Crippen LogP contribution is -2.41. The molecule has 2 heterocycles. The molecule has 0 bridgehead atoms. The summed E-state index contributed by atoms with van der Waals surface area (Å²) >= 11 is 0. The van der Waals surface area contributed by atoms with Crippen molar-refractivity contribution in [3.05, 3.63) is 0 Å². The van der Waals surface area contributed by atoms with Crippen molar-refractivity contribution in [1.29, 1.82) is 0 Å². The van der Waals surface area contributed by atoms with Crippen LogP contribution in [0, 0.1) is 5.92 Å². The van der Waals surface area contributed by atoms with Gasteiger partial charge in [0.15, 0.2) is 5.96 Å². The molecular weight excluding hydrogens is 302 g/mol. The number of likely N-dealkylation sites (tertiary alicyclic amines) is 1. The van der Waals surface area contributed by atoms with E-state index in [4.69, 9.17) is 9.73 Å². The first-order chi connectivity index (χ1) is 11.8. The fourth-order valence-corrected chi connectivity index (χ4v) is 3.68. The van der Waals surface area contributed by atoms with Gasteiger partial charge >= 0.3 is 0 Å². The molecule has 0 aromatic carbocycles. The van der Waals surface area contributed by atoms with Gasteiger partial charge in [0.1, 0.15) is 0 Å². The van der Waals surface area contributed by atoms with Gasteiger partial charge < -0.3 is 20.3 Å². The summed E-state index contributed by atoms with van der Waals surface area (Å²) in [5, 5.41) is 6.88. The van der Waals surface area contributed by atoms with Crippen molar-refractivity contribution in [1.82, 2.24) is 20.4 Å². The van der Waals surface area contributed by atoms with Gasteiger partial charge in [-0.05, 0) is 51.6 Å². The first-order valence-corrected chi connectivity index (χ1v) is 9.91. The Balaban J connectivity index is 1.32. The van der Waals surface area contributed by atoms with Crippen molar-refractivity contribution in [2.24, 2.45) is 10.9 Å². The van der Waals surface area contributed by atoms with Crippen LogP contribution in [0.3, 0.4) is 0 Å². The Labute approximate surface area is 147 Å². The maximum atomic E-state index is 5.39. The van der Waals surface area contributed by atoms with Gasteiger partial charge in [-0.15, -0.1) is 0 Å². The van der Waals surface area contributed by atoms with E-state index in [1.54, 1.807) is 0 Å². The van der Waals surface area contributed by atoms with Gasteiger partial charge in [0, 0.05) is 45.3 Å². The van der Waals surface area contributed by atoms with Crippen LogP contribution in [0.2, 0.25) is 0 Å². The van der Waals surface area contributed by atoms with E-state index in [0.717, 1.165) is 76.8 Å². The summed E-state index contributed by atoms with van der Waals surface area (Å²) in [7, 11) is 0. The Bertz CT molecular complexity index is 393. The minimum absolute atomic E-state index is 0.745. The van der Waals surface area contributed by atoms with Crippen LogP contribution < -0.4 is 10.6 Å². The Morgan fingerprint density at radius 2 is 1.96 bits per heavy atom. The third kappa shape index (κ3) is 5.90. The van der Waals surface area contributed by atoms with Crippen molar-refractivity contribution in [3.8, 4) is 0 Å². The second kappa shape index (κ2) is 9.59. The van der Waals surface area contributed by atoms with Crippen LogP contribution in [-0.2, 0) is 4.74 Å². The fourth-order valence-electron chi connectivity index (χ4n) is 3.68. The number of hydrogen-bond acceptors (Lipinski definition) is 4. The second-order valence-corrected chi connectivity index (χ2v) is 7.33. The van der Waals surface area contributed by atoms with E-state index in [1.165, 1.54) is 32.4 Å². The second-order valence-electron chi connectivity index (χ2n) is 7.33. The molecule has 0 aromatic rings. The molecule has 1 unspecified atom stereocenters. The van der Waals surface area contributed by atoms with E-state index in [0.29, 0.717) is 0 Å². The SMILES string of the molecule is CCNC(=NCC1CCN(C2CC2)C1)NCCCN1CCOCC1. The van der Waals surface area contributed by atoms with Gasteiger partial charge in [-0.3, -0.25) is 9.89 Å². The van der Waals surface area contributed by atoms with Crippen LogP contribution >= 0.6 is 0 Å². The molecule has 1 atom stereocenters. The van der Waals surface area contributed by atoms with Crippen molar-refractivity contribution in [2.45, 2.75) is 38.6 Å². The summed E-state index contributed by atoms with van der Waals surface area (Å²) in [6, 6.07) is 0.908. The van der Waals surface area contributed by atoms with Crippen LogP contribution in [0.15, 0.2) is 4.99 Å². The lowest BCUT2D eigenvalue weighted by atomic mass is 10.1. The molecule has 2 aliphatic heterocycles. The molecule has 0 aromatic heterocycles. The highest BCUT2D eigenvalue weighted by atomic mass is 16.5. The zero-order valence-corrected chi connectivity index (χ0v) is 15.3. The van der Waals surface area contributed by atoms with Crippen LogP contribution in [0.25, 0.3) is 0 Å². The predicted molar refractivity (Wildman–Crippen MR) is 98.6 cm³/mol. The number of morpholine rings is 1. The van der Waals surface area contributed by atoms with Gasteiger partial charge in [-0.2, -0.15) is 0 Å². The lowest BCUT2D eigenvalue weighted by Gasteiger charge is -2.26. The quantitative estimate of drug-likeness (QED) is 0.389. The number of aliphatic imine (C=N–C) groups is 1. The number of rotatable bonds is 8. The van der Waals surface area contributed by atoms with Crippen LogP contribution in [-0.4, -0.2) is 87.4 Å². The molecular formula is C18H35N5O. The third-order valence-corrected chi connectivity index (χ3v) is 5.28. The molecule has 0 spiro atoms. The first kappa shape index (κ1) is 18.0. The molecule has 24 heavy (non-hydrogen) atoms. The number of nitrogens with zero attached hydrogens (tertiary/aromatic N) is 3. The zero-order chi connectivity index (χ0) is 16.6. The molecule has 0 radical (unpaired) electrons. The number of guanidine groups is 1. The Kier molecular flexibility index (Phi) is 7.17. The highest BCUT2D eigenvalue weighted by Gasteiger charge is 2.34. The molecule has 3 fully saturated rings. The smallest absolute Gasteiger partial charge is 0.191 e. The third-order valence-electron chi connectivity index (χ3n) is 5.28. The van der Waals surface area contributed by atoms with Crippen molar-refractivity contribution >= 4 is 5.96 Å². The number of nitrogens with one attached hydrogen (secondary N) is 2. The zero-order valence-electron chi connectivity index (χ0n) is 15.3. The lowest BCUT2D eigenvalue weighted by molar-refractivity contribution is 0.0376. The highest BCUT2D eigenvalue weighted by Crippen LogP contribution is 2.31. The van der Waals surface area contributed by atoms with Gasteiger partial charge in [-0.25, -0.2) is 0 Å². The average molecular weight is 338 g/mol. The molecule has 3 rings (SSSR count). The topological polar surface area (TPSA) is 52.1 Å². The van der Waals surface area contributed by atoms with Crippen LogP contribution in [0.4, 0.5) is 0 Å². The van der Waals surface area contributed by atoms with E-state index in [2.05, 4.69) is 27.4 Å². The Morgan fingerprint density at radius 1 is 1.12 bits per heavy atom. The summed E-state index contributed by atoms with van der Waals surface area (Å²) < 4.78 is 5.39. The largest absolute Gasteiger partial charge is 0.379 e. The van der Waals surface area contributed by atoms with Gasteiger partial charge in [0.25, 0.3) is 0 Å². The first-order valence-electron chi connectivity index (χ1n) is 9.91. The minimum atomic E-state index is 0.745. The maximum Gasteiger partial charge on any atom is 0.191 e. The molecule has 2 saturated heterocycles. The fraction of sp³-hybridized carbons (Fsp3) is 0.944. The summed E-state index contributed by atoms with van der Waals surface area (Å²) in [4.78, 5) is 9.98. The highest BCUT2D eigenvalue weighted by molar-refractivity contribution is 5.79. The number of hydrogen-bond donors (Lipinski definition) is 2. The Hall–Kier alpha value is -0.850. The standard InChI is InChI=1S/C18H35N5O/c1-2-19-18(20-7-3-8-22-10-12-24-13-11-22)21-14-16-6-9-23(15-16)17-4-5-17/h16-17H,2-15H2,1H3,(H2,19,20,21). The normalized spacial score (nSPS) is 26.7. The average Bonchev–Trinajstić information content (AvgIpc) is 3.36. The van der Waals surface area contributed by atoms with Crippen molar-refractivity contribution < 1.29 is 4.74 Å². The minimum Gasteiger partial charge on any atom is -0.379 e. The number of ether oxygens (including phenoxy) is 1. The summed E-state index contributed by atoms with van der Waals surface area (Å²) in [5.74, 6) is 1.73. The predicted octanol–water partition coefficient (Wildman–Crippen LogP) is 0.748. The van der Waals surface area contributed by atoms with Crippen LogP contribution in [0.1, 0.15) is 32.6 Å². The van der Waals surface area contributed by atoms with Gasteiger partial charge in [0.05, 0.1) is 13.2 Å². The molecule has 2 N–H and O–H groups in total. The summed E-state index contributed by atoms with van der Waals surface area (Å²) in [6.45, 7) is 12.6. The Morgan fingerprint density at radius 3 is 2.71 bits per heavy atom. The molecule has 3 aliphatic rings. The monoisotopic (exact) mass is 337 g/mol. The van der Waals surface area contributed by atoms with Crippen LogP contribution in [0.5, 0.6) is 0 Å². The van der Waals surface area contributed by atoms with Crippen molar-refractivity contribution in [3.63, 3.8) is 0 Å². The molecule has 6 nitrogen and oxygen atoms in total. The molecule has 1 aliphatic carbocycles. The molecule has 6 heteroatoms. The summed E-state index contributed by atoms with van der Waals surface area (Å²) in [6.07, 6.45) is 5.31. The van der Waals surface area contributed by atoms with E-state index in [9.17, 15) is 0 Å². The van der Waals surface area contributed by atoms with Gasteiger partial charge in [-0.1, -0.05) is 0 Å². The summed E-state index contributed by atoms with van der Waals surface area (Å²) in [5.41, 5.74) is 0. The van der Waals surface area contributed by atoms with E-state index >= 15 is 0 Å². The molecule has 0 amide bonds. The maximum absolute atomic E-state index is 5.39. The van der Waals surface area contributed by atoms with E-state index < -0.39 is 0 Å². The molecule has 1 saturated carbocycles. The van der Waals surface area contributed by atoms with Crippen molar-refractivity contribution in [2.75, 3.05) is 65.6 Å².